The molecule has 1 saturated heterocycles. The van der Waals surface area contributed by atoms with Crippen molar-refractivity contribution < 1.29 is 17.7 Å². The summed E-state index contributed by atoms with van der Waals surface area (Å²) in [5.74, 6) is -1.19. The predicted molar refractivity (Wildman–Crippen MR) is 167 cm³/mol. The lowest BCUT2D eigenvalue weighted by Crippen LogP contribution is -2.49. The molecule has 1 aliphatic carbocycles. The molecule has 2 aromatic carbocycles. The minimum absolute atomic E-state index is 0.00267. The van der Waals surface area contributed by atoms with Gasteiger partial charge in [0.2, 0.25) is 10.0 Å². The molecule has 1 saturated carbocycles. The summed E-state index contributed by atoms with van der Waals surface area (Å²) in [4.78, 5) is 24.4. The molecule has 2 aliphatic rings. The van der Waals surface area contributed by atoms with Gasteiger partial charge in [-0.1, -0.05) is 24.3 Å². The highest BCUT2D eigenvalue weighted by molar-refractivity contribution is 7.91. The average Bonchev–Trinajstić information content (AvgIpc) is 3.40. The van der Waals surface area contributed by atoms with Crippen molar-refractivity contribution in [1.29, 1.82) is 0 Å². The van der Waals surface area contributed by atoms with Crippen molar-refractivity contribution in [2.45, 2.75) is 43.5 Å². The maximum atomic E-state index is 15.4. The Bertz CT molecular complexity index is 1800. The first-order valence-electron chi connectivity index (χ1n) is 14.7. The first-order chi connectivity index (χ1) is 21.1. The Morgan fingerprint density at radius 1 is 1.05 bits per heavy atom. The smallest absolute Gasteiger partial charge is 0.273 e. The number of nitrogens with two attached hydrogens (primary N) is 1. The summed E-state index contributed by atoms with van der Waals surface area (Å²) in [7, 11) is -1.99. The zero-order valence-corrected chi connectivity index (χ0v) is 25.2. The van der Waals surface area contributed by atoms with Gasteiger partial charge in [0.05, 0.1) is 16.0 Å². The zero-order valence-electron chi connectivity index (χ0n) is 24.4. The Balaban J connectivity index is 1.23. The quantitative estimate of drug-likeness (QED) is 0.215. The molecule has 14 heteroatoms. The topological polar surface area (TPSA) is 153 Å². The number of piperazine rings is 1. The largest absolute Gasteiger partial charge is 0.383 e. The van der Waals surface area contributed by atoms with Gasteiger partial charge in [-0.05, 0) is 50.4 Å². The minimum atomic E-state index is -4.16. The van der Waals surface area contributed by atoms with Gasteiger partial charge < -0.3 is 15.2 Å². The summed E-state index contributed by atoms with van der Waals surface area (Å²) in [5.41, 5.74) is 7.58. The molecule has 0 bridgehead atoms. The molecule has 0 atom stereocenters. The molecule has 232 valence electrons. The fourth-order valence-electron chi connectivity index (χ4n) is 6.48. The molecular weight excluding hydrogens is 587 g/mol. The van der Waals surface area contributed by atoms with Crippen molar-refractivity contribution in [1.82, 2.24) is 24.3 Å². The zero-order chi connectivity index (χ0) is 31.0. The Labute approximate surface area is 254 Å². The van der Waals surface area contributed by atoms with Crippen LogP contribution in [0.15, 0.2) is 55.0 Å². The van der Waals surface area contributed by atoms with E-state index in [-0.39, 0.29) is 28.8 Å². The number of anilines is 2. The molecule has 1 aliphatic heterocycles. The van der Waals surface area contributed by atoms with E-state index in [1.165, 1.54) is 42.7 Å². The molecule has 0 amide bonds. The van der Waals surface area contributed by atoms with Crippen LogP contribution in [0.3, 0.4) is 0 Å². The fourth-order valence-corrected chi connectivity index (χ4v) is 7.71. The molecule has 12 nitrogen and oxygen atoms in total. The van der Waals surface area contributed by atoms with Crippen molar-refractivity contribution >= 4 is 38.2 Å². The van der Waals surface area contributed by atoms with E-state index in [0.29, 0.717) is 28.2 Å². The summed E-state index contributed by atoms with van der Waals surface area (Å²) in [5, 5.41) is 11.9. The number of sulfonamides is 1. The van der Waals surface area contributed by atoms with E-state index in [1.54, 1.807) is 6.07 Å². The SMILES string of the molecule is CN1CCN(C2CCC(n3cc(-c4ccc(NS(=O)(=O)Cc5ccccc5[N+](=O)[O-])c(F)c4)c4c(N)ncnc43)CC2)CC1. The van der Waals surface area contributed by atoms with Crippen LogP contribution < -0.4 is 10.5 Å². The van der Waals surface area contributed by atoms with Gasteiger partial charge in [-0.15, -0.1) is 0 Å². The van der Waals surface area contributed by atoms with Crippen LogP contribution in [0.2, 0.25) is 0 Å². The molecule has 4 aromatic rings. The third-order valence-corrected chi connectivity index (χ3v) is 10.1. The first-order valence-corrected chi connectivity index (χ1v) is 16.3. The van der Waals surface area contributed by atoms with Gasteiger partial charge in [-0.2, -0.15) is 0 Å². The lowest BCUT2D eigenvalue weighted by atomic mass is 9.89. The highest BCUT2D eigenvalue weighted by Gasteiger charge is 2.30. The van der Waals surface area contributed by atoms with Crippen LogP contribution in [-0.4, -0.2) is 76.9 Å². The van der Waals surface area contributed by atoms with E-state index in [9.17, 15) is 18.5 Å². The highest BCUT2D eigenvalue weighted by atomic mass is 32.2. The molecule has 0 spiro atoms. The van der Waals surface area contributed by atoms with Crippen LogP contribution in [-0.2, 0) is 15.8 Å². The van der Waals surface area contributed by atoms with E-state index >= 15 is 4.39 Å². The van der Waals surface area contributed by atoms with Crippen molar-refractivity contribution in [2.24, 2.45) is 0 Å². The highest BCUT2D eigenvalue weighted by Crippen LogP contribution is 2.39. The summed E-state index contributed by atoms with van der Waals surface area (Å²) in [6, 6.07) is 10.5. The van der Waals surface area contributed by atoms with E-state index in [0.717, 1.165) is 51.9 Å². The Hall–Kier alpha value is -4.14. The number of benzene rings is 2. The standard InChI is InChI=1S/C30H35FN8O4S/c1-36-12-14-37(15-13-36)22-7-9-23(10-8-22)38-17-24(28-29(32)33-19-34-30(28)38)20-6-11-26(25(31)16-20)35-44(42,43)18-21-4-2-3-5-27(21)39(40)41/h2-6,11,16-17,19,22-23,35H,7-10,12-15,18H2,1H3,(H2,32,33,34). The number of nitrogen functional groups attached to an aromatic ring is 1. The number of halogens is 1. The summed E-state index contributed by atoms with van der Waals surface area (Å²) in [6.45, 7) is 4.37. The number of nitro benzene ring substituents is 1. The van der Waals surface area contributed by atoms with Crippen molar-refractivity contribution in [3.05, 3.63) is 76.5 Å². The average molecular weight is 623 g/mol. The number of fused-ring (bicyclic) bond motifs is 1. The summed E-state index contributed by atoms with van der Waals surface area (Å²) >= 11 is 0. The molecular formula is C30H35FN8O4S. The normalized spacial score (nSPS) is 20.1. The fraction of sp³-hybridized carbons (Fsp3) is 0.400. The number of aromatic nitrogens is 3. The van der Waals surface area contributed by atoms with E-state index < -0.39 is 26.5 Å². The maximum Gasteiger partial charge on any atom is 0.273 e. The van der Waals surface area contributed by atoms with Crippen molar-refractivity contribution in [2.75, 3.05) is 43.7 Å². The van der Waals surface area contributed by atoms with Gasteiger partial charge in [0.1, 0.15) is 29.4 Å². The molecule has 3 N–H and O–H groups in total. The second kappa shape index (κ2) is 12.1. The van der Waals surface area contributed by atoms with Crippen LogP contribution in [0.5, 0.6) is 0 Å². The number of para-hydroxylation sites is 1. The lowest BCUT2D eigenvalue weighted by molar-refractivity contribution is -0.385. The lowest BCUT2D eigenvalue weighted by Gasteiger charge is -2.41. The van der Waals surface area contributed by atoms with Gasteiger partial charge in [0.15, 0.2) is 0 Å². The number of hydrogen-bond acceptors (Lipinski definition) is 9. The van der Waals surface area contributed by atoms with Gasteiger partial charge in [0.25, 0.3) is 5.69 Å². The summed E-state index contributed by atoms with van der Waals surface area (Å²) in [6.07, 6.45) is 7.52. The third kappa shape index (κ3) is 6.10. The number of nitrogens with one attached hydrogen (secondary N) is 1. The molecule has 3 heterocycles. The minimum Gasteiger partial charge on any atom is -0.383 e. The number of hydrogen-bond donors (Lipinski definition) is 2. The van der Waals surface area contributed by atoms with E-state index in [4.69, 9.17) is 5.73 Å². The van der Waals surface area contributed by atoms with Crippen LogP contribution in [0.4, 0.5) is 21.6 Å². The Morgan fingerprint density at radius 3 is 2.45 bits per heavy atom. The molecule has 2 fully saturated rings. The van der Waals surface area contributed by atoms with Crippen LogP contribution in [0, 0.1) is 15.9 Å². The van der Waals surface area contributed by atoms with Crippen LogP contribution in [0.1, 0.15) is 37.3 Å². The molecule has 0 radical (unpaired) electrons. The molecule has 0 unspecified atom stereocenters. The van der Waals surface area contributed by atoms with Gasteiger partial charge in [-0.25, -0.2) is 22.8 Å². The number of rotatable bonds is 8. The van der Waals surface area contributed by atoms with Gasteiger partial charge in [0, 0.05) is 61.7 Å². The number of nitro groups is 1. The van der Waals surface area contributed by atoms with Crippen LogP contribution in [0.25, 0.3) is 22.2 Å². The summed E-state index contributed by atoms with van der Waals surface area (Å²) < 4.78 is 45.5. The van der Waals surface area contributed by atoms with E-state index in [1.807, 2.05) is 6.20 Å². The second-order valence-corrected chi connectivity index (χ2v) is 13.4. The Kier molecular flexibility index (Phi) is 8.22. The monoisotopic (exact) mass is 622 g/mol. The van der Waals surface area contributed by atoms with Crippen molar-refractivity contribution in [3.8, 4) is 11.1 Å². The second-order valence-electron chi connectivity index (χ2n) is 11.7. The van der Waals surface area contributed by atoms with Gasteiger partial charge >= 0.3 is 0 Å². The molecule has 6 rings (SSSR count). The third-order valence-electron chi connectivity index (χ3n) is 8.83. The van der Waals surface area contributed by atoms with Crippen LogP contribution >= 0.6 is 0 Å². The van der Waals surface area contributed by atoms with Crippen molar-refractivity contribution in [3.63, 3.8) is 0 Å². The Morgan fingerprint density at radius 2 is 1.75 bits per heavy atom. The maximum absolute atomic E-state index is 15.4. The number of likely N-dealkylation sites (N-methyl/N-ethyl adjacent to an activating group) is 1. The first kappa shape index (κ1) is 29.9. The molecule has 2 aromatic heterocycles. The molecule has 44 heavy (non-hydrogen) atoms. The van der Waals surface area contributed by atoms with E-state index in [2.05, 4.69) is 36.1 Å². The van der Waals surface area contributed by atoms with Gasteiger partial charge in [-0.3, -0.25) is 19.7 Å². The number of nitrogens with zero attached hydrogens (tertiary/aromatic N) is 6. The predicted octanol–water partition coefficient (Wildman–Crippen LogP) is 4.40.